The summed E-state index contributed by atoms with van der Waals surface area (Å²) in [6, 6.07) is 18.8. The Bertz CT molecular complexity index is 1540. The average Bonchev–Trinajstić information content (AvgIpc) is 3.17. The molecule has 1 aliphatic heterocycles. The summed E-state index contributed by atoms with van der Waals surface area (Å²) in [5.41, 5.74) is 1.50. The molecule has 1 saturated heterocycles. The van der Waals surface area contributed by atoms with Gasteiger partial charge in [0.1, 0.15) is 6.61 Å². The van der Waals surface area contributed by atoms with E-state index < -0.39 is 10.0 Å². The number of amidine groups is 1. The summed E-state index contributed by atoms with van der Waals surface area (Å²) >= 11 is 10.5. The van der Waals surface area contributed by atoms with E-state index in [0.29, 0.717) is 27.0 Å². The van der Waals surface area contributed by atoms with Crippen molar-refractivity contribution in [1.29, 1.82) is 0 Å². The van der Waals surface area contributed by atoms with E-state index in [9.17, 15) is 13.2 Å². The smallest absolute Gasteiger partial charge is 0.284 e. The molecule has 1 amide bonds. The Kier molecular flexibility index (Phi) is 8.99. The predicted octanol–water partition coefficient (Wildman–Crippen LogP) is 6.54. The van der Waals surface area contributed by atoms with Gasteiger partial charge in [-0.25, -0.2) is 0 Å². The van der Waals surface area contributed by atoms with Crippen molar-refractivity contribution in [1.82, 2.24) is 4.90 Å². The molecule has 0 aliphatic carbocycles. The van der Waals surface area contributed by atoms with Gasteiger partial charge in [0, 0.05) is 21.6 Å². The minimum atomic E-state index is -4.04. The number of thioether (sulfide) groups is 1. The van der Waals surface area contributed by atoms with Crippen LogP contribution in [0, 0.1) is 0 Å². The van der Waals surface area contributed by atoms with Gasteiger partial charge < -0.3 is 9.47 Å². The number of nitrogens with zero attached hydrogens (tertiary/aromatic N) is 2. The summed E-state index contributed by atoms with van der Waals surface area (Å²) in [6.07, 6.45) is 3.16. The third-order valence-electron chi connectivity index (χ3n) is 5.34. The van der Waals surface area contributed by atoms with Crippen molar-refractivity contribution in [3.63, 3.8) is 0 Å². The van der Waals surface area contributed by atoms with Crippen LogP contribution in [0.4, 0.5) is 0 Å². The first-order valence-corrected chi connectivity index (χ1v) is 14.6. The Morgan fingerprint density at radius 2 is 1.84 bits per heavy atom. The molecule has 11 heteroatoms. The van der Waals surface area contributed by atoms with Gasteiger partial charge in [-0.3, -0.25) is 9.69 Å². The lowest BCUT2D eigenvalue weighted by molar-refractivity contribution is -0.121. The largest absolute Gasteiger partial charge is 0.493 e. The van der Waals surface area contributed by atoms with Gasteiger partial charge >= 0.3 is 0 Å². The molecule has 1 heterocycles. The number of hydrogen-bond donors (Lipinski definition) is 0. The quantitative estimate of drug-likeness (QED) is 0.197. The van der Waals surface area contributed by atoms with E-state index in [0.717, 1.165) is 21.8 Å². The number of ether oxygens (including phenoxy) is 2. The lowest BCUT2D eigenvalue weighted by Crippen LogP contribution is -2.29. The van der Waals surface area contributed by atoms with E-state index in [1.165, 1.54) is 30.2 Å². The summed E-state index contributed by atoms with van der Waals surface area (Å²) in [7, 11) is -2.51. The number of amides is 1. The highest BCUT2D eigenvalue weighted by atomic mass is 79.9. The summed E-state index contributed by atoms with van der Waals surface area (Å²) in [5.74, 6) is 0.602. The van der Waals surface area contributed by atoms with Crippen LogP contribution in [0.1, 0.15) is 11.1 Å². The number of carbonyl (C=O) groups is 1. The van der Waals surface area contributed by atoms with Crippen LogP contribution >= 0.6 is 39.3 Å². The van der Waals surface area contributed by atoms with Crippen molar-refractivity contribution in [2.24, 2.45) is 4.40 Å². The van der Waals surface area contributed by atoms with E-state index in [4.69, 9.17) is 21.1 Å². The Labute approximate surface area is 239 Å². The Morgan fingerprint density at radius 3 is 2.53 bits per heavy atom. The second kappa shape index (κ2) is 12.2. The van der Waals surface area contributed by atoms with E-state index in [2.05, 4.69) is 26.9 Å². The molecule has 0 N–H and O–H groups in total. The highest BCUT2D eigenvalue weighted by Crippen LogP contribution is 2.36. The molecule has 1 fully saturated rings. The van der Waals surface area contributed by atoms with Gasteiger partial charge in [0.15, 0.2) is 16.7 Å². The van der Waals surface area contributed by atoms with Crippen LogP contribution in [0.15, 0.2) is 98.1 Å². The zero-order chi connectivity index (χ0) is 27.3. The molecule has 7 nitrogen and oxygen atoms in total. The van der Waals surface area contributed by atoms with Crippen molar-refractivity contribution in [3.8, 4) is 11.5 Å². The molecule has 0 aromatic heterocycles. The van der Waals surface area contributed by atoms with Crippen LogP contribution in [-0.2, 0) is 21.4 Å². The first-order valence-electron chi connectivity index (χ1n) is 11.2. The van der Waals surface area contributed by atoms with Crippen LogP contribution in [-0.4, -0.2) is 38.0 Å². The monoisotopic (exact) mass is 632 g/mol. The molecule has 0 spiro atoms. The van der Waals surface area contributed by atoms with Gasteiger partial charge in [0.05, 0.1) is 16.9 Å². The molecule has 4 rings (SSSR count). The summed E-state index contributed by atoms with van der Waals surface area (Å²) < 4.78 is 41.9. The van der Waals surface area contributed by atoms with Crippen molar-refractivity contribution >= 4 is 66.5 Å². The Morgan fingerprint density at radius 1 is 1.11 bits per heavy atom. The third kappa shape index (κ3) is 6.50. The number of methoxy groups -OCH3 is 1. The number of sulfonamides is 1. The standard InChI is InChI=1S/C27H22BrClN2O5S2/c1-3-14-31-26(32)25(37-27(31)30-38(33,34)21-11-9-20(28)10-12-21)16-18-8-13-23(24(15-18)35-2)36-17-19-6-4-5-7-22(19)29/h3-13,15-16H,1,14,17H2,2H3/b25-16-,30-27+. The maximum atomic E-state index is 13.1. The molecule has 0 atom stereocenters. The Balaban J connectivity index is 1.59. The van der Waals surface area contributed by atoms with Crippen molar-refractivity contribution in [2.75, 3.05) is 13.7 Å². The SMILES string of the molecule is C=CCN1C(=O)/C(=C/c2ccc(OCc3ccccc3Cl)c(OC)c2)S/C1=N/S(=O)(=O)c1ccc(Br)cc1. The first kappa shape index (κ1) is 28.0. The fourth-order valence-corrected chi connectivity index (χ4v) is 6.09. The van der Waals surface area contributed by atoms with Gasteiger partial charge in [-0.1, -0.05) is 57.9 Å². The number of benzene rings is 3. The second-order valence-corrected chi connectivity index (χ2v) is 11.8. The second-order valence-electron chi connectivity index (χ2n) is 7.91. The number of halogens is 2. The fourth-order valence-electron chi connectivity index (χ4n) is 3.44. The Hall–Kier alpha value is -3.05. The minimum absolute atomic E-state index is 0.0225. The molecular formula is C27H22BrClN2O5S2. The topological polar surface area (TPSA) is 85.3 Å². The van der Waals surface area contributed by atoms with Crippen LogP contribution in [0.5, 0.6) is 11.5 Å². The van der Waals surface area contributed by atoms with Gasteiger partial charge in [-0.15, -0.1) is 11.0 Å². The summed E-state index contributed by atoms with van der Waals surface area (Å²) in [5, 5.41) is 0.656. The van der Waals surface area contributed by atoms with Gasteiger partial charge in [-0.05, 0) is 65.9 Å². The molecule has 0 unspecified atom stereocenters. The number of rotatable bonds is 9. The summed E-state index contributed by atoms with van der Waals surface area (Å²) in [4.78, 5) is 14.7. The first-order chi connectivity index (χ1) is 18.2. The molecule has 3 aromatic carbocycles. The van der Waals surface area contributed by atoms with Crippen LogP contribution < -0.4 is 9.47 Å². The maximum Gasteiger partial charge on any atom is 0.284 e. The van der Waals surface area contributed by atoms with Crippen LogP contribution in [0.2, 0.25) is 5.02 Å². The zero-order valence-electron chi connectivity index (χ0n) is 20.1. The van der Waals surface area contributed by atoms with Crippen molar-refractivity contribution in [2.45, 2.75) is 11.5 Å². The lowest BCUT2D eigenvalue weighted by Gasteiger charge is -2.13. The molecule has 0 saturated carbocycles. The maximum absolute atomic E-state index is 13.1. The van der Waals surface area contributed by atoms with Gasteiger partial charge in [-0.2, -0.15) is 8.42 Å². The number of carbonyl (C=O) groups excluding carboxylic acids is 1. The molecule has 3 aromatic rings. The molecule has 1 aliphatic rings. The van der Waals surface area contributed by atoms with E-state index >= 15 is 0 Å². The third-order valence-corrected chi connectivity index (χ3v) is 8.64. The van der Waals surface area contributed by atoms with Crippen molar-refractivity contribution < 1.29 is 22.7 Å². The minimum Gasteiger partial charge on any atom is -0.493 e. The van der Waals surface area contributed by atoms with Gasteiger partial charge in [0.2, 0.25) is 0 Å². The summed E-state index contributed by atoms with van der Waals surface area (Å²) in [6.45, 7) is 4.04. The molecule has 38 heavy (non-hydrogen) atoms. The van der Waals surface area contributed by atoms with E-state index in [1.54, 1.807) is 42.5 Å². The zero-order valence-corrected chi connectivity index (χ0v) is 24.1. The van der Waals surface area contributed by atoms with E-state index in [-0.39, 0.29) is 29.1 Å². The highest BCUT2D eigenvalue weighted by Gasteiger charge is 2.34. The normalized spacial score (nSPS) is 15.8. The van der Waals surface area contributed by atoms with Crippen molar-refractivity contribution in [3.05, 3.63) is 105 Å². The molecular weight excluding hydrogens is 612 g/mol. The average molecular weight is 634 g/mol. The molecule has 196 valence electrons. The highest BCUT2D eigenvalue weighted by molar-refractivity contribution is 9.10. The molecule has 0 radical (unpaired) electrons. The number of hydrogen-bond acceptors (Lipinski definition) is 6. The fraction of sp³-hybridized carbons (Fsp3) is 0.111. The predicted molar refractivity (Wildman–Crippen MR) is 155 cm³/mol. The van der Waals surface area contributed by atoms with Gasteiger partial charge in [0.25, 0.3) is 15.9 Å². The molecule has 0 bridgehead atoms. The lowest BCUT2D eigenvalue weighted by atomic mass is 10.1. The van der Waals surface area contributed by atoms with Crippen LogP contribution in [0.25, 0.3) is 6.08 Å². The van der Waals surface area contributed by atoms with E-state index in [1.807, 2.05) is 18.2 Å². The van der Waals surface area contributed by atoms with Crippen LogP contribution in [0.3, 0.4) is 0 Å².